The maximum Gasteiger partial charge on any atom is 0.274 e. The number of anilines is 1. The number of carbonyl (C=O) groups excluding carboxylic acids is 1. The minimum atomic E-state index is -0.376. The van der Waals surface area contributed by atoms with Gasteiger partial charge in [0.05, 0.1) is 0 Å². The molecule has 1 amide bonds. The van der Waals surface area contributed by atoms with Crippen LogP contribution in [0.25, 0.3) is 5.65 Å². The van der Waals surface area contributed by atoms with Crippen LogP contribution in [0.15, 0.2) is 47.4 Å². The summed E-state index contributed by atoms with van der Waals surface area (Å²) in [5.74, 6) is -0.254. The van der Waals surface area contributed by atoms with E-state index in [9.17, 15) is 14.7 Å². The van der Waals surface area contributed by atoms with Gasteiger partial charge >= 0.3 is 0 Å². The van der Waals surface area contributed by atoms with Crippen molar-refractivity contribution in [3.63, 3.8) is 0 Å². The number of hydrogen-bond donors (Lipinski definition) is 2. The molecular formula is C17H17N3O3. The zero-order valence-electron chi connectivity index (χ0n) is 12.9. The van der Waals surface area contributed by atoms with Gasteiger partial charge in [-0.3, -0.25) is 14.0 Å². The number of aromatic hydroxyl groups is 1. The second-order valence-electron chi connectivity index (χ2n) is 5.37. The van der Waals surface area contributed by atoms with E-state index in [1.54, 1.807) is 18.3 Å². The van der Waals surface area contributed by atoms with Gasteiger partial charge in [-0.05, 0) is 49.7 Å². The highest BCUT2D eigenvalue weighted by atomic mass is 16.3. The molecule has 0 saturated heterocycles. The third-order valence-electron chi connectivity index (χ3n) is 3.67. The lowest BCUT2D eigenvalue weighted by atomic mass is 10.3. The highest BCUT2D eigenvalue weighted by Crippen LogP contribution is 2.16. The molecule has 118 valence electrons. The number of amides is 1. The molecule has 0 unspecified atom stereocenters. The fraction of sp³-hybridized carbons (Fsp3) is 0.176. The predicted octanol–water partition coefficient (Wildman–Crippen LogP) is 2.39. The van der Waals surface area contributed by atoms with E-state index in [1.807, 2.05) is 24.5 Å². The monoisotopic (exact) mass is 311 g/mol. The van der Waals surface area contributed by atoms with Crippen molar-refractivity contribution in [2.75, 3.05) is 5.32 Å². The standard InChI is InChI=1S/C17H17N3O3/c1-3-19-10-14(20-15(19)8-11(2)9-16(20)22)17(23)18-12-4-6-13(21)7-5-12/h4-10,21H,3H2,1-2H3,(H,18,23). The number of nitrogens with one attached hydrogen (secondary N) is 1. The van der Waals surface area contributed by atoms with Gasteiger partial charge in [-0.2, -0.15) is 0 Å². The third-order valence-corrected chi connectivity index (χ3v) is 3.67. The topological polar surface area (TPSA) is 75.7 Å². The van der Waals surface area contributed by atoms with Crippen molar-refractivity contribution < 1.29 is 9.90 Å². The number of imidazole rings is 1. The fourth-order valence-electron chi connectivity index (χ4n) is 2.56. The normalized spacial score (nSPS) is 10.9. The van der Waals surface area contributed by atoms with Gasteiger partial charge in [-0.25, -0.2) is 0 Å². The maximum atomic E-state index is 12.5. The van der Waals surface area contributed by atoms with Crippen LogP contribution < -0.4 is 10.9 Å². The number of benzene rings is 1. The Morgan fingerprint density at radius 3 is 2.57 bits per heavy atom. The molecular weight excluding hydrogens is 294 g/mol. The molecule has 0 fully saturated rings. The zero-order valence-corrected chi connectivity index (χ0v) is 12.9. The van der Waals surface area contributed by atoms with E-state index in [0.29, 0.717) is 17.9 Å². The van der Waals surface area contributed by atoms with Crippen molar-refractivity contribution in [2.24, 2.45) is 0 Å². The number of pyridine rings is 1. The molecule has 0 aliphatic carbocycles. The Hall–Kier alpha value is -3.02. The quantitative estimate of drug-likeness (QED) is 0.729. The summed E-state index contributed by atoms with van der Waals surface area (Å²) < 4.78 is 3.27. The molecule has 0 spiro atoms. The molecule has 0 radical (unpaired) electrons. The number of phenolic OH excluding ortho intramolecular Hbond substituents is 1. The third kappa shape index (κ3) is 2.70. The molecule has 6 nitrogen and oxygen atoms in total. The van der Waals surface area contributed by atoms with Crippen LogP contribution in [0.4, 0.5) is 5.69 Å². The van der Waals surface area contributed by atoms with Crippen molar-refractivity contribution in [3.05, 3.63) is 64.2 Å². The predicted molar refractivity (Wildman–Crippen MR) is 88.1 cm³/mol. The van der Waals surface area contributed by atoms with Crippen molar-refractivity contribution in [1.82, 2.24) is 8.97 Å². The smallest absolute Gasteiger partial charge is 0.274 e. The van der Waals surface area contributed by atoms with Crippen molar-refractivity contribution in [1.29, 1.82) is 0 Å². The van der Waals surface area contributed by atoms with Gasteiger partial charge in [0, 0.05) is 24.5 Å². The van der Waals surface area contributed by atoms with Crippen LogP contribution in [-0.2, 0) is 6.54 Å². The molecule has 2 heterocycles. The first-order valence-corrected chi connectivity index (χ1v) is 7.32. The van der Waals surface area contributed by atoms with Gasteiger partial charge in [0.25, 0.3) is 11.5 Å². The summed E-state index contributed by atoms with van der Waals surface area (Å²) in [6, 6.07) is 9.55. The van der Waals surface area contributed by atoms with Crippen LogP contribution >= 0.6 is 0 Å². The van der Waals surface area contributed by atoms with E-state index in [1.165, 1.54) is 22.6 Å². The first-order chi connectivity index (χ1) is 11.0. The fourth-order valence-corrected chi connectivity index (χ4v) is 2.56. The second-order valence-corrected chi connectivity index (χ2v) is 5.37. The maximum absolute atomic E-state index is 12.5. The average molecular weight is 311 g/mol. The van der Waals surface area contributed by atoms with Crippen molar-refractivity contribution in [3.8, 4) is 5.75 Å². The van der Waals surface area contributed by atoms with Crippen LogP contribution in [0.1, 0.15) is 23.0 Å². The van der Waals surface area contributed by atoms with Crippen LogP contribution in [0.5, 0.6) is 5.75 Å². The molecule has 3 rings (SSSR count). The molecule has 2 aromatic heterocycles. The molecule has 2 N–H and O–H groups in total. The number of hydrogen-bond acceptors (Lipinski definition) is 3. The Bertz CT molecular complexity index is 936. The zero-order chi connectivity index (χ0) is 16.6. The minimum absolute atomic E-state index is 0.122. The molecule has 23 heavy (non-hydrogen) atoms. The summed E-state index contributed by atoms with van der Waals surface area (Å²) in [7, 11) is 0. The summed E-state index contributed by atoms with van der Waals surface area (Å²) in [4.78, 5) is 24.8. The molecule has 0 aliphatic heterocycles. The minimum Gasteiger partial charge on any atom is -0.508 e. The van der Waals surface area contributed by atoms with Gasteiger partial charge < -0.3 is 15.0 Å². The second kappa shape index (κ2) is 5.64. The van der Waals surface area contributed by atoms with E-state index in [-0.39, 0.29) is 22.9 Å². The van der Waals surface area contributed by atoms with Crippen LogP contribution in [0.2, 0.25) is 0 Å². The lowest BCUT2D eigenvalue weighted by Crippen LogP contribution is -2.21. The van der Waals surface area contributed by atoms with E-state index in [4.69, 9.17) is 0 Å². The Labute approximate surface area is 132 Å². The number of rotatable bonds is 3. The van der Waals surface area contributed by atoms with E-state index < -0.39 is 0 Å². The Kier molecular flexibility index (Phi) is 3.65. The van der Waals surface area contributed by atoms with Gasteiger partial charge in [0.1, 0.15) is 17.1 Å². The molecule has 6 heteroatoms. The van der Waals surface area contributed by atoms with Gasteiger partial charge in [0.15, 0.2) is 0 Å². The lowest BCUT2D eigenvalue weighted by Gasteiger charge is -2.05. The van der Waals surface area contributed by atoms with E-state index in [0.717, 1.165) is 5.56 Å². The highest BCUT2D eigenvalue weighted by molar-refractivity contribution is 6.03. The number of fused-ring (bicyclic) bond motifs is 1. The Balaban J connectivity index is 2.07. The molecule has 0 atom stereocenters. The summed E-state index contributed by atoms with van der Waals surface area (Å²) in [5, 5.41) is 12.0. The summed E-state index contributed by atoms with van der Waals surface area (Å²) >= 11 is 0. The van der Waals surface area contributed by atoms with Gasteiger partial charge in [-0.1, -0.05) is 0 Å². The number of carbonyl (C=O) groups is 1. The Morgan fingerprint density at radius 2 is 1.91 bits per heavy atom. The first-order valence-electron chi connectivity index (χ1n) is 7.32. The molecule has 0 saturated carbocycles. The van der Waals surface area contributed by atoms with Gasteiger partial charge in [-0.15, -0.1) is 0 Å². The SMILES string of the molecule is CCn1cc(C(=O)Nc2ccc(O)cc2)n2c(=O)cc(C)cc12. The number of aromatic nitrogens is 2. The van der Waals surface area contributed by atoms with Gasteiger partial charge in [0.2, 0.25) is 0 Å². The lowest BCUT2D eigenvalue weighted by molar-refractivity contribution is 0.102. The van der Waals surface area contributed by atoms with Crippen molar-refractivity contribution in [2.45, 2.75) is 20.4 Å². The summed E-state index contributed by atoms with van der Waals surface area (Å²) in [6.45, 7) is 4.46. The molecule has 0 aliphatic rings. The van der Waals surface area contributed by atoms with Crippen LogP contribution in [0, 0.1) is 6.92 Å². The molecule has 3 aromatic rings. The summed E-state index contributed by atoms with van der Waals surface area (Å²) in [6.07, 6.45) is 1.67. The Morgan fingerprint density at radius 1 is 1.22 bits per heavy atom. The van der Waals surface area contributed by atoms with Crippen LogP contribution in [0.3, 0.4) is 0 Å². The summed E-state index contributed by atoms with van der Waals surface area (Å²) in [5.41, 5.74) is 2.13. The largest absolute Gasteiger partial charge is 0.508 e. The number of phenols is 1. The average Bonchev–Trinajstić information content (AvgIpc) is 2.88. The van der Waals surface area contributed by atoms with E-state index in [2.05, 4.69) is 5.32 Å². The van der Waals surface area contributed by atoms with Crippen LogP contribution in [-0.4, -0.2) is 20.0 Å². The molecule has 1 aromatic carbocycles. The van der Waals surface area contributed by atoms with Crippen molar-refractivity contribution >= 4 is 17.2 Å². The first kappa shape index (κ1) is 14.9. The number of aryl methyl sites for hydroxylation is 2. The molecule has 0 bridgehead atoms. The highest BCUT2D eigenvalue weighted by Gasteiger charge is 2.16. The van der Waals surface area contributed by atoms with E-state index >= 15 is 0 Å². The number of nitrogens with zero attached hydrogens (tertiary/aromatic N) is 2.